The average Bonchev–Trinajstić information content (AvgIpc) is 4.23. The van der Waals surface area contributed by atoms with Gasteiger partial charge >= 0.3 is 0 Å². The predicted molar refractivity (Wildman–Crippen MR) is 333 cm³/mol. The van der Waals surface area contributed by atoms with E-state index in [1.807, 2.05) is 11.3 Å². The van der Waals surface area contributed by atoms with Gasteiger partial charge in [-0.25, -0.2) is 9.98 Å². The molecule has 362 valence electrons. The van der Waals surface area contributed by atoms with Crippen molar-refractivity contribution in [3.8, 4) is 16.8 Å². The van der Waals surface area contributed by atoms with E-state index in [4.69, 9.17) is 9.98 Å². The maximum absolute atomic E-state index is 5.76. The molecular formula is C73H44N4S. The molecule has 78 heavy (non-hydrogen) atoms. The maximum Gasteiger partial charge on any atom is 0.160 e. The first-order valence-electron chi connectivity index (χ1n) is 26.7. The van der Waals surface area contributed by atoms with Crippen molar-refractivity contribution in [3.05, 3.63) is 271 Å². The van der Waals surface area contributed by atoms with Gasteiger partial charge in [0.1, 0.15) is 12.0 Å². The van der Waals surface area contributed by atoms with Crippen molar-refractivity contribution in [1.82, 2.24) is 9.88 Å². The molecule has 1 aliphatic heterocycles. The smallest absolute Gasteiger partial charge is 0.160 e. The van der Waals surface area contributed by atoms with Gasteiger partial charge in [-0.1, -0.05) is 194 Å². The largest absolute Gasteiger partial charge is 0.344 e. The fourth-order valence-corrected chi connectivity index (χ4v) is 14.2. The van der Waals surface area contributed by atoms with Crippen molar-refractivity contribution in [2.75, 3.05) is 0 Å². The van der Waals surface area contributed by atoms with Gasteiger partial charge in [-0.15, -0.1) is 11.3 Å². The van der Waals surface area contributed by atoms with Gasteiger partial charge in [0.25, 0.3) is 0 Å². The Morgan fingerprint density at radius 1 is 0.346 bits per heavy atom. The molecule has 0 spiro atoms. The van der Waals surface area contributed by atoms with Crippen LogP contribution in [0.15, 0.2) is 265 Å². The summed E-state index contributed by atoms with van der Waals surface area (Å²) in [4.78, 5) is 11.5. The monoisotopic (exact) mass is 1010 g/mol. The average molecular weight is 1010 g/mol. The lowest BCUT2D eigenvalue weighted by Crippen LogP contribution is -2.33. The molecule has 14 aromatic carbocycles. The summed E-state index contributed by atoms with van der Waals surface area (Å²) in [6.07, 6.45) is -0.470. The number of hydrogen-bond acceptors (Lipinski definition) is 4. The summed E-state index contributed by atoms with van der Waals surface area (Å²) in [7, 11) is 0. The molecule has 0 amide bonds. The number of fused-ring (bicyclic) bond motifs is 19. The van der Waals surface area contributed by atoms with Crippen LogP contribution in [0.3, 0.4) is 0 Å². The number of nitrogens with zero attached hydrogens (tertiary/aromatic N) is 3. The number of para-hydroxylation sites is 1. The molecule has 2 aromatic heterocycles. The number of rotatable bonds is 5. The molecule has 3 heterocycles. The minimum atomic E-state index is -0.470. The third-order valence-corrected chi connectivity index (χ3v) is 17.7. The molecule has 5 heteroatoms. The van der Waals surface area contributed by atoms with E-state index in [0.717, 1.165) is 44.9 Å². The SMILES string of the molecule is c1ccc2cc3c(cc2c1)c1ccccc1n3-c1ccc(C2=NC(c3ccc4c5ccccc5c5ccccc5c4c3)NC(c3ccc4c5ccccc5c5ccccc5c4c3)=N2)c(-c2cccc3sc4ccccc4c23)c1. The van der Waals surface area contributed by atoms with E-state index in [-0.39, 0.29) is 0 Å². The maximum atomic E-state index is 5.76. The first-order valence-corrected chi connectivity index (χ1v) is 27.6. The van der Waals surface area contributed by atoms with Crippen LogP contribution in [0, 0.1) is 0 Å². The third-order valence-electron chi connectivity index (χ3n) is 16.6. The predicted octanol–water partition coefficient (Wildman–Crippen LogP) is 19.4. The van der Waals surface area contributed by atoms with E-state index >= 15 is 0 Å². The van der Waals surface area contributed by atoms with E-state index in [1.54, 1.807) is 0 Å². The Labute approximate surface area is 452 Å². The molecule has 16 aromatic rings. The van der Waals surface area contributed by atoms with Gasteiger partial charge in [-0.2, -0.15) is 0 Å². The van der Waals surface area contributed by atoms with Crippen LogP contribution in [0.4, 0.5) is 0 Å². The number of aromatic nitrogens is 1. The highest BCUT2D eigenvalue weighted by Gasteiger charge is 2.26. The highest BCUT2D eigenvalue weighted by Crippen LogP contribution is 2.45. The third kappa shape index (κ3) is 6.46. The Hall–Kier alpha value is -9.94. The van der Waals surface area contributed by atoms with Crippen molar-refractivity contribution in [1.29, 1.82) is 0 Å². The van der Waals surface area contributed by atoms with Crippen molar-refractivity contribution in [2.24, 2.45) is 9.98 Å². The van der Waals surface area contributed by atoms with Gasteiger partial charge in [0.2, 0.25) is 0 Å². The number of hydrogen-bond donors (Lipinski definition) is 1. The van der Waals surface area contributed by atoms with E-state index < -0.39 is 6.17 Å². The summed E-state index contributed by atoms with van der Waals surface area (Å²) in [6.45, 7) is 0. The molecule has 0 radical (unpaired) electrons. The van der Waals surface area contributed by atoms with E-state index in [0.29, 0.717) is 5.84 Å². The van der Waals surface area contributed by atoms with Crippen LogP contribution in [0.25, 0.3) is 134 Å². The van der Waals surface area contributed by atoms with Crippen molar-refractivity contribution < 1.29 is 0 Å². The van der Waals surface area contributed by atoms with E-state index in [1.165, 1.54) is 112 Å². The summed E-state index contributed by atoms with van der Waals surface area (Å²) in [5, 5.41) is 26.1. The molecular weight excluding hydrogens is 965 g/mol. The highest BCUT2D eigenvalue weighted by molar-refractivity contribution is 7.26. The lowest BCUT2D eigenvalue weighted by molar-refractivity contribution is 0.675. The lowest BCUT2D eigenvalue weighted by atomic mass is 9.92. The van der Waals surface area contributed by atoms with Crippen LogP contribution in [-0.4, -0.2) is 16.2 Å². The zero-order valence-corrected chi connectivity index (χ0v) is 42.9. The lowest BCUT2D eigenvalue weighted by Gasteiger charge is -2.25. The molecule has 1 unspecified atom stereocenters. The standard InChI is InChI=1S/C73H44N4S/c1-2-17-44-41-67-65(38-43(44)16-1)58-26-11-13-29-66(58)77(67)47-34-37-60(64(42-47)59-28-15-31-69-70(59)61-27-12-14-30-68(61)78-69)73-75-71(45-32-35-56-52-22-5-3-18-48(52)50-20-7-9-24-54(50)62(56)39-45)74-72(76-73)46-33-36-57-53-23-6-4-19-49(53)51-21-8-10-25-55(51)63(57)40-46/h1-42,71H,(H,74,75,76). The minimum Gasteiger partial charge on any atom is -0.344 e. The Morgan fingerprint density at radius 3 is 1.56 bits per heavy atom. The van der Waals surface area contributed by atoms with Crippen molar-refractivity contribution in [3.63, 3.8) is 0 Å². The van der Waals surface area contributed by atoms with E-state index in [9.17, 15) is 0 Å². The molecule has 1 N–H and O–H groups in total. The second-order valence-corrected chi connectivity index (χ2v) is 21.9. The highest BCUT2D eigenvalue weighted by atomic mass is 32.1. The fourth-order valence-electron chi connectivity index (χ4n) is 13.1. The van der Waals surface area contributed by atoms with Crippen LogP contribution >= 0.6 is 11.3 Å². The summed E-state index contributed by atoms with van der Waals surface area (Å²) < 4.78 is 4.96. The molecule has 0 fully saturated rings. The van der Waals surface area contributed by atoms with Crippen molar-refractivity contribution >= 4 is 140 Å². The van der Waals surface area contributed by atoms with Gasteiger partial charge in [-0.05, 0) is 153 Å². The number of nitrogens with one attached hydrogen (secondary N) is 1. The van der Waals surface area contributed by atoms with Gasteiger partial charge in [-0.3, -0.25) is 0 Å². The molecule has 0 aliphatic carbocycles. The Morgan fingerprint density at radius 2 is 0.885 bits per heavy atom. The summed E-state index contributed by atoms with van der Waals surface area (Å²) in [5.74, 6) is 1.45. The molecule has 17 rings (SSSR count). The second kappa shape index (κ2) is 16.8. The van der Waals surface area contributed by atoms with Gasteiger partial charge in [0.05, 0.1) is 11.0 Å². The first-order chi connectivity index (χ1) is 38.7. The normalized spacial score (nSPS) is 14.0. The quantitative estimate of drug-likeness (QED) is 0.172. The van der Waals surface area contributed by atoms with Crippen molar-refractivity contribution in [2.45, 2.75) is 6.17 Å². The molecule has 0 saturated heterocycles. The number of benzene rings is 14. The Bertz CT molecular complexity index is 5260. The zero-order chi connectivity index (χ0) is 51.0. The Kier molecular flexibility index (Phi) is 9.32. The van der Waals surface area contributed by atoms with Crippen LogP contribution in [-0.2, 0) is 0 Å². The van der Waals surface area contributed by atoms with Gasteiger partial charge in [0.15, 0.2) is 5.84 Å². The first kappa shape index (κ1) is 43.3. The van der Waals surface area contributed by atoms with Gasteiger partial charge in [0, 0.05) is 47.8 Å². The Balaban J connectivity index is 0.938. The molecule has 1 atom stereocenters. The number of aliphatic imine (C=N–C) groups is 2. The minimum absolute atomic E-state index is 0.470. The summed E-state index contributed by atoms with van der Waals surface area (Å²) in [6, 6.07) is 93.7. The fraction of sp³-hybridized carbons (Fsp3) is 0.0137. The van der Waals surface area contributed by atoms with Crippen LogP contribution < -0.4 is 5.32 Å². The van der Waals surface area contributed by atoms with Crippen LogP contribution in [0.1, 0.15) is 22.9 Å². The number of amidine groups is 2. The summed E-state index contributed by atoms with van der Waals surface area (Å²) >= 11 is 1.85. The number of thiophene rings is 1. The van der Waals surface area contributed by atoms with E-state index in [2.05, 4.69) is 265 Å². The molecule has 4 nitrogen and oxygen atoms in total. The molecule has 1 aliphatic rings. The van der Waals surface area contributed by atoms with Gasteiger partial charge < -0.3 is 9.88 Å². The summed E-state index contributed by atoms with van der Waals surface area (Å²) in [5.41, 5.74) is 8.65. The zero-order valence-electron chi connectivity index (χ0n) is 42.1. The molecule has 0 bridgehead atoms. The van der Waals surface area contributed by atoms with Crippen LogP contribution in [0.5, 0.6) is 0 Å². The molecule has 0 saturated carbocycles. The second-order valence-electron chi connectivity index (χ2n) is 20.8. The van der Waals surface area contributed by atoms with Crippen LogP contribution in [0.2, 0.25) is 0 Å². The topological polar surface area (TPSA) is 41.7 Å².